The molecule has 0 aromatic rings. The molecule has 0 saturated heterocycles. The molecule has 1 aliphatic rings. The molecule has 0 aromatic heterocycles. The topological polar surface area (TPSA) is 55.1 Å². The van der Waals surface area contributed by atoms with Crippen molar-refractivity contribution in [1.29, 1.82) is 0 Å². The summed E-state index contributed by atoms with van der Waals surface area (Å²) in [7, 11) is 0. The first-order chi connectivity index (χ1) is 6.09. The van der Waals surface area contributed by atoms with Gasteiger partial charge in [-0.2, -0.15) is 0 Å². The number of rotatable bonds is 2. The molecule has 3 N–H and O–H groups in total. The zero-order valence-electron chi connectivity index (χ0n) is 8.55. The molecule has 0 aromatic carbocycles. The van der Waals surface area contributed by atoms with Crippen LogP contribution in [0.1, 0.15) is 39.5 Å². The lowest BCUT2D eigenvalue weighted by molar-refractivity contribution is -0.126. The highest BCUT2D eigenvalue weighted by Crippen LogP contribution is 2.23. The molecule has 1 aliphatic carbocycles. The Balaban J connectivity index is 2.37. The lowest BCUT2D eigenvalue weighted by Crippen LogP contribution is -2.40. The minimum Gasteiger partial charge on any atom is -0.354 e. The Hall–Kier alpha value is -0.570. The second-order valence-corrected chi connectivity index (χ2v) is 4.29. The van der Waals surface area contributed by atoms with Gasteiger partial charge in [0.05, 0.1) is 0 Å². The van der Waals surface area contributed by atoms with Gasteiger partial charge in [0.1, 0.15) is 0 Å². The van der Waals surface area contributed by atoms with Crippen molar-refractivity contribution in [2.75, 3.05) is 0 Å². The lowest BCUT2D eigenvalue weighted by Gasteiger charge is -2.26. The largest absolute Gasteiger partial charge is 0.354 e. The first-order valence-corrected chi connectivity index (χ1v) is 5.15. The predicted molar refractivity (Wildman–Crippen MR) is 53.2 cm³/mol. The molecule has 0 unspecified atom stereocenters. The van der Waals surface area contributed by atoms with Gasteiger partial charge < -0.3 is 11.1 Å². The quantitative estimate of drug-likeness (QED) is 0.673. The van der Waals surface area contributed by atoms with Crippen LogP contribution >= 0.6 is 0 Å². The van der Waals surface area contributed by atoms with E-state index in [9.17, 15) is 4.79 Å². The van der Waals surface area contributed by atoms with Crippen LogP contribution in [0.25, 0.3) is 0 Å². The number of carbonyl (C=O) groups excluding carboxylic acids is 1. The third-order valence-electron chi connectivity index (χ3n) is 2.52. The van der Waals surface area contributed by atoms with Gasteiger partial charge in [-0.3, -0.25) is 4.79 Å². The van der Waals surface area contributed by atoms with E-state index in [1.54, 1.807) is 0 Å². The lowest BCUT2D eigenvalue weighted by atomic mass is 9.85. The monoisotopic (exact) mass is 184 g/mol. The highest BCUT2D eigenvalue weighted by Gasteiger charge is 2.25. The van der Waals surface area contributed by atoms with Crippen LogP contribution in [0.2, 0.25) is 0 Å². The Morgan fingerprint density at radius 3 is 2.69 bits per heavy atom. The number of hydrogen-bond acceptors (Lipinski definition) is 2. The van der Waals surface area contributed by atoms with Gasteiger partial charge in [-0.25, -0.2) is 0 Å². The van der Waals surface area contributed by atoms with Gasteiger partial charge in [0.15, 0.2) is 0 Å². The van der Waals surface area contributed by atoms with E-state index < -0.39 is 0 Å². The molecule has 13 heavy (non-hydrogen) atoms. The second kappa shape index (κ2) is 4.61. The summed E-state index contributed by atoms with van der Waals surface area (Å²) in [5.41, 5.74) is 5.81. The van der Waals surface area contributed by atoms with Crippen molar-refractivity contribution in [1.82, 2.24) is 5.32 Å². The van der Waals surface area contributed by atoms with Crippen LogP contribution in [0.3, 0.4) is 0 Å². The Labute approximate surface area is 80.1 Å². The zero-order valence-corrected chi connectivity index (χ0v) is 8.55. The van der Waals surface area contributed by atoms with Crippen LogP contribution in [-0.2, 0) is 4.79 Å². The van der Waals surface area contributed by atoms with Gasteiger partial charge >= 0.3 is 0 Å². The summed E-state index contributed by atoms with van der Waals surface area (Å²) in [4.78, 5) is 11.6. The number of hydrogen-bond donors (Lipinski definition) is 2. The Kier molecular flexibility index (Phi) is 3.72. The molecule has 1 rings (SSSR count). The number of nitrogens with two attached hydrogens (primary N) is 1. The third kappa shape index (κ3) is 3.35. The van der Waals surface area contributed by atoms with Gasteiger partial charge in [0, 0.05) is 18.0 Å². The van der Waals surface area contributed by atoms with E-state index >= 15 is 0 Å². The highest BCUT2D eigenvalue weighted by molar-refractivity contribution is 5.79. The summed E-state index contributed by atoms with van der Waals surface area (Å²) in [6.45, 7) is 3.97. The second-order valence-electron chi connectivity index (χ2n) is 4.29. The molecule has 0 bridgehead atoms. The van der Waals surface area contributed by atoms with Gasteiger partial charge in [-0.15, -0.1) is 0 Å². The molecule has 1 fully saturated rings. The first-order valence-electron chi connectivity index (χ1n) is 5.15. The van der Waals surface area contributed by atoms with E-state index in [0.717, 1.165) is 25.7 Å². The van der Waals surface area contributed by atoms with Crippen LogP contribution in [0, 0.1) is 5.92 Å². The van der Waals surface area contributed by atoms with Crippen molar-refractivity contribution in [2.24, 2.45) is 11.7 Å². The fraction of sp³-hybridized carbons (Fsp3) is 0.900. The summed E-state index contributed by atoms with van der Waals surface area (Å²) < 4.78 is 0. The maximum absolute atomic E-state index is 11.6. The van der Waals surface area contributed by atoms with Crippen LogP contribution in [0.4, 0.5) is 0 Å². The molecule has 0 spiro atoms. The molecule has 0 radical (unpaired) electrons. The van der Waals surface area contributed by atoms with Crippen molar-refractivity contribution in [3.8, 4) is 0 Å². The molecule has 1 amide bonds. The molecule has 0 aliphatic heterocycles. The van der Waals surface area contributed by atoms with Gasteiger partial charge in [-0.05, 0) is 33.1 Å². The normalized spacial score (nSPS) is 28.9. The standard InChI is InChI=1S/C10H20N2O/c1-7(2)12-10(13)8-4-3-5-9(11)6-8/h7-9H,3-6,11H2,1-2H3,(H,12,13)/t8-,9+/m1/s1. The van der Waals surface area contributed by atoms with Gasteiger partial charge in [-0.1, -0.05) is 6.42 Å². The Morgan fingerprint density at radius 1 is 1.46 bits per heavy atom. The average molecular weight is 184 g/mol. The minimum absolute atomic E-state index is 0.158. The number of carbonyl (C=O) groups is 1. The maximum Gasteiger partial charge on any atom is 0.223 e. The van der Waals surface area contributed by atoms with E-state index in [1.807, 2.05) is 13.8 Å². The smallest absolute Gasteiger partial charge is 0.223 e. The van der Waals surface area contributed by atoms with E-state index in [1.165, 1.54) is 0 Å². The molecule has 2 atom stereocenters. The average Bonchev–Trinajstić information content (AvgIpc) is 2.03. The Morgan fingerprint density at radius 2 is 2.15 bits per heavy atom. The van der Waals surface area contributed by atoms with E-state index in [-0.39, 0.29) is 23.9 Å². The fourth-order valence-electron chi connectivity index (χ4n) is 1.87. The van der Waals surface area contributed by atoms with E-state index in [2.05, 4.69) is 5.32 Å². The van der Waals surface area contributed by atoms with E-state index in [4.69, 9.17) is 5.73 Å². The molecule has 3 heteroatoms. The molecule has 1 saturated carbocycles. The SMILES string of the molecule is CC(C)NC(=O)[C@@H]1CCC[C@H](N)C1. The van der Waals surface area contributed by atoms with Crippen LogP contribution in [-0.4, -0.2) is 18.0 Å². The highest BCUT2D eigenvalue weighted by atomic mass is 16.1. The van der Waals surface area contributed by atoms with E-state index in [0.29, 0.717) is 0 Å². The maximum atomic E-state index is 11.6. The molecular weight excluding hydrogens is 164 g/mol. The molecular formula is C10H20N2O. The van der Waals surface area contributed by atoms with Crippen molar-refractivity contribution >= 4 is 5.91 Å². The third-order valence-corrected chi connectivity index (χ3v) is 2.52. The number of nitrogens with one attached hydrogen (secondary N) is 1. The molecule has 3 nitrogen and oxygen atoms in total. The predicted octanol–water partition coefficient (Wildman–Crippen LogP) is 1.03. The summed E-state index contributed by atoms with van der Waals surface area (Å²) in [6.07, 6.45) is 4.04. The molecule has 76 valence electrons. The summed E-state index contributed by atoms with van der Waals surface area (Å²) in [5.74, 6) is 0.344. The van der Waals surface area contributed by atoms with Crippen molar-refractivity contribution in [2.45, 2.75) is 51.6 Å². The minimum atomic E-state index is 0.158. The number of amides is 1. The molecule has 0 heterocycles. The first kappa shape index (κ1) is 10.5. The Bertz CT molecular complexity index is 180. The summed E-state index contributed by atoms with van der Waals surface area (Å²) >= 11 is 0. The summed E-state index contributed by atoms with van der Waals surface area (Å²) in [5, 5.41) is 2.94. The van der Waals surface area contributed by atoms with Crippen molar-refractivity contribution in [3.63, 3.8) is 0 Å². The fourth-order valence-corrected chi connectivity index (χ4v) is 1.87. The van der Waals surface area contributed by atoms with Crippen LogP contribution < -0.4 is 11.1 Å². The summed E-state index contributed by atoms with van der Waals surface area (Å²) in [6, 6.07) is 0.474. The van der Waals surface area contributed by atoms with Crippen molar-refractivity contribution in [3.05, 3.63) is 0 Å². The van der Waals surface area contributed by atoms with Gasteiger partial charge in [0.2, 0.25) is 5.91 Å². The van der Waals surface area contributed by atoms with Gasteiger partial charge in [0.25, 0.3) is 0 Å². The van der Waals surface area contributed by atoms with Crippen molar-refractivity contribution < 1.29 is 4.79 Å². The zero-order chi connectivity index (χ0) is 9.84. The van der Waals surface area contributed by atoms with Crippen LogP contribution in [0.15, 0.2) is 0 Å². The van der Waals surface area contributed by atoms with Crippen LogP contribution in [0.5, 0.6) is 0 Å².